The van der Waals surface area contributed by atoms with Gasteiger partial charge in [0.1, 0.15) is 11.2 Å². The minimum Gasteiger partial charge on any atom is -0.504 e. The fourth-order valence-electron chi connectivity index (χ4n) is 1.55. The maximum Gasteiger partial charge on any atom is 0.262 e. The minimum absolute atomic E-state index is 0.00480. The molecule has 4 N–H and O–H groups in total. The Balaban J connectivity index is 2.92. The Bertz CT molecular complexity index is 646. The van der Waals surface area contributed by atoms with Gasteiger partial charge in [0.25, 0.3) is 5.56 Å². The summed E-state index contributed by atoms with van der Waals surface area (Å²) in [7, 11) is 0. The van der Waals surface area contributed by atoms with E-state index in [1.165, 1.54) is 0 Å². The number of aromatic hydroxyl groups is 3. The summed E-state index contributed by atoms with van der Waals surface area (Å²) in [5, 5.41) is 28.1. The van der Waals surface area contributed by atoms with Gasteiger partial charge in [-0.15, -0.1) is 0 Å². The molecule has 0 aliphatic carbocycles. The molecule has 0 unspecified atom stereocenters. The van der Waals surface area contributed by atoms with E-state index in [9.17, 15) is 20.1 Å². The first kappa shape index (κ1) is 11.3. The van der Waals surface area contributed by atoms with Crippen LogP contribution < -0.4 is 5.56 Å². The van der Waals surface area contributed by atoms with Gasteiger partial charge < -0.3 is 20.3 Å². The lowest BCUT2D eigenvalue weighted by atomic mass is 10.1. The summed E-state index contributed by atoms with van der Waals surface area (Å²) in [5.41, 5.74) is -0.406. The van der Waals surface area contributed by atoms with Crippen molar-refractivity contribution in [2.45, 2.75) is 19.8 Å². The van der Waals surface area contributed by atoms with Crippen LogP contribution in [0, 0.1) is 0 Å². The number of rotatable bonds is 1. The predicted octanol–water partition coefficient (Wildman–Crippen LogP) is 1.16. The van der Waals surface area contributed by atoms with Gasteiger partial charge in [0, 0.05) is 12.0 Å². The molecule has 0 aliphatic rings. The molecule has 6 nitrogen and oxygen atoms in total. The number of nitrogens with zero attached hydrogens (tertiary/aromatic N) is 1. The highest BCUT2D eigenvalue weighted by Crippen LogP contribution is 2.38. The van der Waals surface area contributed by atoms with Crippen molar-refractivity contribution in [3.8, 4) is 17.2 Å². The molecule has 6 heteroatoms. The SMILES string of the molecule is CC(C)c1nc2cc(O)c(O)c(O)c2c(=O)[nH]1. The molecule has 0 radical (unpaired) electrons. The number of phenolic OH excluding ortho intramolecular Hbond substituents is 3. The number of fused-ring (bicyclic) bond motifs is 1. The monoisotopic (exact) mass is 236 g/mol. The number of phenols is 3. The molecule has 1 aromatic heterocycles. The molecule has 17 heavy (non-hydrogen) atoms. The van der Waals surface area contributed by atoms with E-state index in [1.54, 1.807) is 0 Å². The van der Waals surface area contributed by atoms with Crippen molar-refractivity contribution in [1.29, 1.82) is 0 Å². The lowest BCUT2D eigenvalue weighted by molar-refractivity contribution is 0.371. The molecule has 90 valence electrons. The molecule has 0 atom stereocenters. The molecule has 0 spiro atoms. The minimum atomic E-state index is -0.720. The summed E-state index contributed by atoms with van der Waals surface area (Å²) in [6.07, 6.45) is 0. The molecule has 0 bridgehead atoms. The Morgan fingerprint density at radius 2 is 1.88 bits per heavy atom. The molecule has 1 aromatic carbocycles. The molecule has 1 heterocycles. The smallest absolute Gasteiger partial charge is 0.262 e. The van der Waals surface area contributed by atoms with Gasteiger partial charge >= 0.3 is 0 Å². The van der Waals surface area contributed by atoms with Gasteiger partial charge in [-0.3, -0.25) is 4.79 Å². The summed E-state index contributed by atoms with van der Waals surface area (Å²) < 4.78 is 0. The molecule has 0 saturated heterocycles. The Labute approximate surface area is 96.2 Å². The average Bonchev–Trinajstić information content (AvgIpc) is 2.25. The first-order chi connectivity index (χ1) is 7.91. The lowest BCUT2D eigenvalue weighted by Crippen LogP contribution is -2.13. The quantitative estimate of drug-likeness (QED) is 0.556. The van der Waals surface area contributed by atoms with Crippen molar-refractivity contribution in [3.63, 3.8) is 0 Å². The number of aromatic nitrogens is 2. The zero-order valence-electron chi connectivity index (χ0n) is 9.35. The number of hydrogen-bond donors (Lipinski definition) is 4. The first-order valence-corrected chi connectivity index (χ1v) is 5.09. The highest BCUT2D eigenvalue weighted by molar-refractivity contribution is 5.88. The van der Waals surface area contributed by atoms with Crippen molar-refractivity contribution in [2.75, 3.05) is 0 Å². The van der Waals surface area contributed by atoms with Crippen molar-refractivity contribution in [1.82, 2.24) is 9.97 Å². The van der Waals surface area contributed by atoms with Crippen LogP contribution in [0.5, 0.6) is 17.2 Å². The zero-order valence-corrected chi connectivity index (χ0v) is 9.35. The maximum atomic E-state index is 11.7. The molecular weight excluding hydrogens is 224 g/mol. The van der Waals surface area contributed by atoms with E-state index in [4.69, 9.17) is 0 Å². The van der Waals surface area contributed by atoms with Gasteiger partial charge in [-0.05, 0) is 0 Å². The number of aromatic amines is 1. The largest absolute Gasteiger partial charge is 0.504 e. The normalized spacial score (nSPS) is 11.2. The second-order valence-corrected chi connectivity index (χ2v) is 4.09. The van der Waals surface area contributed by atoms with Crippen molar-refractivity contribution >= 4 is 10.9 Å². The summed E-state index contributed by atoms with van der Waals surface area (Å²) >= 11 is 0. The van der Waals surface area contributed by atoms with E-state index in [0.29, 0.717) is 5.82 Å². The number of nitrogens with one attached hydrogen (secondary N) is 1. The Morgan fingerprint density at radius 3 is 2.47 bits per heavy atom. The van der Waals surface area contributed by atoms with E-state index in [-0.39, 0.29) is 16.8 Å². The number of H-pyrrole nitrogens is 1. The maximum absolute atomic E-state index is 11.7. The van der Waals surface area contributed by atoms with Crippen molar-refractivity contribution in [2.24, 2.45) is 0 Å². The van der Waals surface area contributed by atoms with E-state index in [1.807, 2.05) is 13.8 Å². The third-order valence-electron chi connectivity index (χ3n) is 2.49. The summed E-state index contributed by atoms with van der Waals surface area (Å²) in [4.78, 5) is 18.4. The van der Waals surface area contributed by atoms with E-state index in [0.717, 1.165) is 6.07 Å². The third-order valence-corrected chi connectivity index (χ3v) is 2.49. The average molecular weight is 236 g/mol. The highest BCUT2D eigenvalue weighted by atomic mass is 16.3. The summed E-state index contributed by atoms with van der Waals surface area (Å²) in [6, 6.07) is 1.14. The van der Waals surface area contributed by atoms with Crippen molar-refractivity contribution in [3.05, 3.63) is 22.2 Å². The van der Waals surface area contributed by atoms with E-state index < -0.39 is 22.8 Å². The number of benzene rings is 1. The van der Waals surface area contributed by atoms with Gasteiger partial charge in [0.15, 0.2) is 11.5 Å². The first-order valence-electron chi connectivity index (χ1n) is 5.09. The van der Waals surface area contributed by atoms with Gasteiger partial charge in [0.05, 0.1) is 5.52 Å². The molecule has 0 saturated carbocycles. The van der Waals surface area contributed by atoms with E-state index >= 15 is 0 Å². The molecule has 0 fully saturated rings. The van der Waals surface area contributed by atoms with Gasteiger partial charge in [0.2, 0.25) is 5.75 Å². The van der Waals surface area contributed by atoms with Gasteiger partial charge in [-0.1, -0.05) is 13.8 Å². The van der Waals surface area contributed by atoms with Gasteiger partial charge in [-0.2, -0.15) is 0 Å². The Kier molecular flexibility index (Phi) is 2.42. The Morgan fingerprint density at radius 1 is 1.24 bits per heavy atom. The van der Waals surface area contributed by atoms with Crippen LogP contribution in [0.15, 0.2) is 10.9 Å². The fraction of sp³-hybridized carbons (Fsp3) is 0.273. The second kappa shape index (κ2) is 3.65. The highest BCUT2D eigenvalue weighted by Gasteiger charge is 2.16. The zero-order chi connectivity index (χ0) is 12.7. The Hall–Kier alpha value is -2.24. The van der Waals surface area contributed by atoms with Crippen LogP contribution in [-0.2, 0) is 0 Å². The third kappa shape index (κ3) is 1.67. The van der Waals surface area contributed by atoms with Gasteiger partial charge in [-0.25, -0.2) is 4.98 Å². The van der Waals surface area contributed by atoms with Crippen LogP contribution in [0.25, 0.3) is 10.9 Å². The van der Waals surface area contributed by atoms with Crippen LogP contribution in [0.2, 0.25) is 0 Å². The van der Waals surface area contributed by atoms with Crippen molar-refractivity contribution < 1.29 is 15.3 Å². The predicted molar refractivity (Wildman–Crippen MR) is 61.4 cm³/mol. The number of hydrogen-bond acceptors (Lipinski definition) is 5. The lowest BCUT2D eigenvalue weighted by Gasteiger charge is -2.08. The molecule has 2 rings (SSSR count). The molecule has 2 aromatic rings. The second-order valence-electron chi connectivity index (χ2n) is 4.09. The van der Waals surface area contributed by atoms with Crippen LogP contribution >= 0.6 is 0 Å². The molecule has 0 aliphatic heterocycles. The standard InChI is InChI=1S/C11H12N2O4/c1-4(2)10-12-5-3-6(14)8(15)9(16)7(5)11(17)13-10/h3-4,14-16H,1-2H3,(H,12,13,17). The van der Waals surface area contributed by atoms with E-state index in [2.05, 4.69) is 9.97 Å². The summed E-state index contributed by atoms with van der Waals surface area (Å²) in [5.74, 6) is -1.44. The van der Waals surface area contributed by atoms with Crippen LogP contribution in [0.1, 0.15) is 25.6 Å². The molecule has 0 amide bonds. The van der Waals surface area contributed by atoms with Crippen LogP contribution in [0.3, 0.4) is 0 Å². The fourth-order valence-corrected chi connectivity index (χ4v) is 1.55. The van der Waals surface area contributed by atoms with Crippen LogP contribution in [-0.4, -0.2) is 25.3 Å². The topological polar surface area (TPSA) is 106 Å². The molecular formula is C11H12N2O4. The summed E-state index contributed by atoms with van der Waals surface area (Å²) in [6.45, 7) is 3.70. The van der Waals surface area contributed by atoms with Crippen LogP contribution in [0.4, 0.5) is 0 Å².